The van der Waals surface area contributed by atoms with Gasteiger partial charge in [0.25, 0.3) is 5.91 Å². The Morgan fingerprint density at radius 2 is 1.89 bits per heavy atom. The lowest BCUT2D eigenvalue weighted by Gasteiger charge is -2.27. The number of ether oxygens (including phenoxy) is 2. The van der Waals surface area contributed by atoms with Crippen molar-refractivity contribution in [2.45, 2.75) is 12.5 Å². The first-order chi connectivity index (χ1) is 13.0. The summed E-state index contributed by atoms with van der Waals surface area (Å²) < 4.78 is 34.8. The van der Waals surface area contributed by atoms with Gasteiger partial charge in [-0.1, -0.05) is 0 Å². The Balaban J connectivity index is 1.70. The summed E-state index contributed by atoms with van der Waals surface area (Å²) in [6.07, 6.45) is -4.55. The highest BCUT2D eigenvalue weighted by molar-refractivity contribution is 5.89. The molecule has 2 amide bonds. The molecule has 2 fully saturated rings. The van der Waals surface area contributed by atoms with E-state index in [2.05, 4.69) is 0 Å². The summed E-state index contributed by atoms with van der Waals surface area (Å²) in [5, 5.41) is 2.02. The number of alkyl halides is 2. The number of amides is 2. The third-order valence-electron chi connectivity index (χ3n) is 4.31. The normalized spacial score (nSPS) is 20.0. The second kappa shape index (κ2) is 8.30. The van der Waals surface area contributed by atoms with Gasteiger partial charge >= 0.3 is 12.5 Å². The lowest BCUT2D eigenvalue weighted by Crippen LogP contribution is -2.38. The first-order valence-corrected chi connectivity index (χ1v) is 8.47. The fourth-order valence-electron chi connectivity index (χ4n) is 2.92. The van der Waals surface area contributed by atoms with Crippen molar-refractivity contribution >= 4 is 23.4 Å². The fourth-order valence-corrected chi connectivity index (χ4v) is 2.92. The number of halogens is 2. The number of nitrogens with one attached hydrogen (secondary N) is 1. The Kier molecular flexibility index (Phi) is 5.84. The number of rotatable bonds is 5. The second-order valence-corrected chi connectivity index (χ2v) is 6.10. The van der Waals surface area contributed by atoms with Crippen LogP contribution in [-0.4, -0.2) is 63.9 Å². The molecule has 1 aromatic carbocycles. The fraction of sp³-hybridized carbons (Fsp3) is 0.471. The van der Waals surface area contributed by atoms with Crippen LogP contribution in [0.4, 0.5) is 25.0 Å². The van der Waals surface area contributed by atoms with E-state index in [1.165, 1.54) is 17.0 Å². The maximum absolute atomic E-state index is 12.3. The highest BCUT2D eigenvalue weighted by Gasteiger charge is 2.33. The zero-order valence-electron chi connectivity index (χ0n) is 14.4. The maximum Gasteiger partial charge on any atom is 0.414 e. The molecule has 1 unspecified atom stereocenters. The maximum atomic E-state index is 12.3. The number of hydrogen-bond acceptors (Lipinski definition) is 6. The van der Waals surface area contributed by atoms with E-state index in [0.717, 1.165) is 0 Å². The Bertz CT molecular complexity index is 770. The number of carbonyl (C=O) groups is 2. The molecule has 0 spiro atoms. The summed E-state index contributed by atoms with van der Waals surface area (Å²) in [5.74, 6) is -1.42. The van der Waals surface area contributed by atoms with Crippen LogP contribution >= 0.6 is 0 Å². The number of morpholine rings is 1. The molecule has 2 heterocycles. The van der Waals surface area contributed by atoms with Gasteiger partial charge in [0.15, 0.2) is 0 Å². The van der Waals surface area contributed by atoms with Gasteiger partial charge in [0.1, 0.15) is 6.10 Å². The van der Waals surface area contributed by atoms with Gasteiger partial charge < -0.3 is 19.7 Å². The van der Waals surface area contributed by atoms with Crippen LogP contribution in [0.5, 0.6) is 0 Å². The molecular formula is C17H19F2N3O5. The van der Waals surface area contributed by atoms with Crippen LogP contribution in [0.1, 0.15) is 0 Å². The number of nitrogens with zero attached hydrogens (tertiary/aromatic N) is 2. The first-order valence-electron chi connectivity index (χ1n) is 8.47. The van der Waals surface area contributed by atoms with Crippen molar-refractivity contribution in [3.8, 4) is 0 Å². The SMILES string of the molecule is O=C(NCC1CN(c2ccc(N3CCOCC3)c(=O)cc2)C(=O)O1)C(F)F. The van der Waals surface area contributed by atoms with E-state index in [4.69, 9.17) is 9.47 Å². The summed E-state index contributed by atoms with van der Waals surface area (Å²) in [5.41, 5.74) is 0.772. The summed E-state index contributed by atoms with van der Waals surface area (Å²) in [7, 11) is 0. The van der Waals surface area contributed by atoms with E-state index >= 15 is 0 Å². The van der Waals surface area contributed by atoms with Gasteiger partial charge in [-0.3, -0.25) is 14.5 Å². The highest BCUT2D eigenvalue weighted by Crippen LogP contribution is 2.22. The average molecular weight is 383 g/mol. The Morgan fingerprint density at radius 1 is 1.19 bits per heavy atom. The first kappa shape index (κ1) is 19.0. The minimum atomic E-state index is -3.12. The van der Waals surface area contributed by atoms with Gasteiger partial charge in [-0.2, -0.15) is 8.78 Å². The monoisotopic (exact) mass is 383 g/mol. The van der Waals surface area contributed by atoms with Crippen LogP contribution in [0.2, 0.25) is 0 Å². The number of cyclic esters (lactones) is 1. The van der Waals surface area contributed by atoms with E-state index in [1.54, 1.807) is 12.1 Å². The molecule has 0 radical (unpaired) electrons. The van der Waals surface area contributed by atoms with Crippen LogP contribution in [0.15, 0.2) is 29.1 Å². The van der Waals surface area contributed by atoms with Crippen molar-refractivity contribution in [3.63, 3.8) is 0 Å². The van der Waals surface area contributed by atoms with Crippen LogP contribution in [0.25, 0.3) is 0 Å². The van der Waals surface area contributed by atoms with Crippen molar-refractivity contribution in [1.82, 2.24) is 5.32 Å². The quantitative estimate of drug-likeness (QED) is 0.801. The van der Waals surface area contributed by atoms with Crippen molar-refractivity contribution in [2.75, 3.05) is 49.2 Å². The molecule has 2 saturated heterocycles. The van der Waals surface area contributed by atoms with Gasteiger partial charge in [0, 0.05) is 18.8 Å². The molecule has 1 atom stereocenters. The topological polar surface area (TPSA) is 88.2 Å². The molecule has 0 aliphatic carbocycles. The molecular weight excluding hydrogens is 364 g/mol. The average Bonchev–Trinajstić information content (AvgIpc) is 2.92. The van der Waals surface area contributed by atoms with E-state index < -0.39 is 24.5 Å². The number of hydrogen-bond donors (Lipinski definition) is 1. The molecule has 0 aromatic heterocycles. The van der Waals surface area contributed by atoms with Gasteiger partial charge in [-0.15, -0.1) is 0 Å². The molecule has 0 bridgehead atoms. The van der Waals surface area contributed by atoms with Crippen LogP contribution in [0.3, 0.4) is 0 Å². The molecule has 10 heteroatoms. The third-order valence-corrected chi connectivity index (χ3v) is 4.31. The zero-order chi connectivity index (χ0) is 19.4. The van der Waals surface area contributed by atoms with Crippen molar-refractivity contribution in [1.29, 1.82) is 0 Å². The van der Waals surface area contributed by atoms with E-state index in [0.29, 0.717) is 37.7 Å². The molecule has 2 aliphatic heterocycles. The van der Waals surface area contributed by atoms with E-state index in [-0.39, 0.29) is 18.5 Å². The minimum Gasteiger partial charge on any atom is -0.442 e. The molecule has 0 saturated carbocycles. The molecule has 146 valence electrons. The van der Waals surface area contributed by atoms with Crippen LogP contribution < -0.4 is 20.5 Å². The van der Waals surface area contributed by atoms with Crippen LogP contribution in [-0.2, 0) is 14.3 Å². The Labute approximate surface area is 153 Å². The Hall–Kier alpha value is -2.75. The minimum absolute atomic E-state index is 0.0768. The summed E-state index contributed by atoms with van der Waals surface area (Å²) in [4.78, 5) is 38.6. The molecule has 3 rings (SSSR count). The predicted octanol–water partition coefficient (Wildman–Crippen LogP) is 0.590. The van der Waals surface area contributed by atoms with Gasteiger partial charge in [0.2, 0.25) is 5.43 Å². The van der Waals surface area contributed by atoms with Gasteiger partial charge in [-0.05, 0) is 24.3 Å². The van der Waals surface area contributed by atoms with Gasteiger partial charge in [-0.25, -0.2) is 4.79 Å². The summed E-state index contributed by atoms with van der Waals surface area (Å²) in [6.45, 7) is 2.15. The third kappa shape index (κ3) is 4.51. The summed E-state index contributed by atoms with van der Waals surface area (Å²) >= 11 is 0. The largest absolute Gasteiger partial charge is 0.442 e. The molecule has 2 aliphatic rings. The molecule has 1 aromatic rings. The summed E-state index contributed by atoms with van der Waals surface area (Å²) in [6, 6.07) is 6.16. The zero-order valence-corrected chi connectivity index (χ0v) is 14.4. The predicted molar refractivity (Wildman–Crippen MR) is 92.4 cm³/mol. The number of anilines is 2. The van der Waals surface area contributed by atoms with Gasteiger partial charge in [0.05, 0.1) is 32.0 Å². The number of carbonyl (C=O) groups excluding carboxylic acids is 2. The standard InChI is InChI=1S/C17H19F2N3O5/c18-15(19)16(24)20-9-12-10-22(17(25)27-12)11-1-3-13(14(23)4-2-11)21-5-7-26-8-6-21/h1-4,12,15H,5-10H2,(H,20,24). The van der Waals surface area contributed by atoms with Crippen molar-refractivity contribution in [2.24, 2.45) is 0 Å². The van der Waals surface area contributed by atoms with E-state index in [1.807, 2.05) is 10.2 Å². The molecule has 8 nitrogen and oxygen atoms in total. The molecule has 1 N–H and O–H groups in total. The second-order valence-electron chi connectivity index (χ2n) is 6.10. The highest BCUT2D eigenvalue weighted by atomic mass is 19.3. The van der Waals surface area contributed by atoms with Crippen LogP contribution in [0, 0.1) is 0 Å². The Morgan fingerprint density at radius 3 is 2.59 bits per heavy atom. The van der Waals surface area contributed by atoms with E-state index in [9.17, 15) is 23.2 Å². The lowest BCUT2D eigenvalue weighted by atomic mass is 10.3. The lowest BCUT2D eigenvalue weighted by molar-refractivity contribution is -0.132. The van der Waals surface area contributed by atoms with Crippen molar-refractivity contribution in [3.05, 3.63) is 34.5 Å². The smallest absolute Gasteiger partial charge is 0.414 e. The molecule has 27 heavy (non-hydrogen) atoms. The van der Waals surface area contributed by atoms with Crippen molar-refractivity contribution < 1.29 is 27.8 Å².